The molecule has 0 aliphatic carbocycles. The van der Waals surface area contributed by atoms with Gasteiger partial charge in [0.15, 0.2) is 6.10 Å². The van der Waals surface area contributed by atoms with Gasteiger partial charge >= 0.3 is 19.8 Å². The number of rotatable bonds is 46. The fraction of sp³-hybridized carbons (Fsp3) is 0.679. The first-order valence-corrected chi connectivity index (χ1v) is 27.5. The number of nitrogens with zero attached hydrogens (tertiary/aromatic N) is 1. The van der Waals surface area contributed by atoms with Crippen LogP contribution in [0, 0.1) is 0 Å². The highest BCUT2D eigenvalue weighted by Crippen LogP contribution is 2.43. The third kappa shape index (κ3) is 50.3. The van der Waals surface area contributed by atoms with E-state index in [4.69, 9.17) is 18.5 Å². The fourth-order valence-electron chi connectivity index (χ4n) is 6.64. The fourth-order valence-corrected chi connectivity index (χ4v) is 7.38. The van der Waals surface area contributed by atoms with Crippen molar-refractivity contribution in [3.63, 3.8) is 0 Å². The Morgan fingerprint density at radius 1 is 0.470 bits per heavy atom. The molecule has 0 saturated carbocycles. The van der Waals surface area contributed by atoms with Gasteiger partial charge in [-0.3, -0.25) is 18.6 Å². The van der Waals surface area contributed by atoms with Crippen LogP contribution in [0.2, 0.25) is 0 Å². The second-order valence-electron chi connectivity index (χ2n) is 18.1. The molecule has 2 atom stereocenters. The lowest BCUT2D eigenvalue weighted by Crippen LogP contribution is -2.37. The minimum atomic E-state index is -4.39. The van der Waals surface area contributed by atoms with Gasteiger partial charge in [-0.25, -0.2) is 4.57 Å². The van der Waals surface area contributed by atoms with Gasteiger partial charge in [-0.1, -0.05) is 188 Å². The van der Waals surface area contributed by atoms with E-state index in [2.05, 4.69) is 111 Å². The van der Waals surface area contributed by atoms with Crippen LogP contribution in [0.4, 0.5) is 0 Å². The number of hydrogen-bond acceptors (Lipinski definition) is 7. The number of ether oxygens (including phenoxy) is 2. The molecule has 0 fully saturated rings. The van der Waals surface area contributed by atoms with Crippen LogP contribution in [0.15, 0.2) is 97.2 Å². The Balaban J connectivity index is 4.23. The SMILES string of the molecule is CC/C=C\C/C=C\C/C=C\C/C=C\C/C=C\CCCCCCCCCCCCCC(=O)OC(COC(=O)CCCCCCC/C=C\C/C=C\C/C=C\CC)COP(=O)(O)OCC[N+](C)(C)C. The summed E-state index contributed by atoms with van der Waals surface area (Å²) in [5, 5.41) is 0. The highest BCUT2D eigenvalue weighted by Gasteiger charge is 2.27. The van der Waals surface area contributed by atoms with Crippen LogP contribution in [0.5, 0.6) is 0 Å². The molecule has 66 heavy (non-hydrogen) atoms. The lowest BCUT2D eigenvalue weighted by Gasteiger charge is -2.24. The van der Waals surface area contributed by atoms with Crippen molar-refractivity contribution < 1.29 is 42.1 Å². The van der Waals surface area contributed by atoms with Crippen molar-refractivity contribution >= 4 is 19.8 Å². The molecular formula is C56H97NO8P+. The second kappa shape index (κ2) is 47.0. The summed E-state index contributed by atoms with van der Waals surface area (Å²) in [5.74, 6) is -0.827. The number of phosphoric ester groups is 1. The van der Waals surface area contributed by atoms with Gasteiger partial charge in [-0.2, -0.15) is 0 Å². The molecule has 0 radical (unpaired) electrons. The Morgan fingerprint density at radius 2 is 0.818 bits per heavy atom. The van der Waals surface area contributed by atoms with Crippen molar-refractivity contribution in [1.29, 1.82) is 0 Å². The minimum absolute atomic E-state index is 0.0232. The lowest BCUT2D eigenvalue weighted by molar-refractivity contribution is -0.870. The highest BCUT2D eigenvalue weighted by molar-refractivity contribution is 7.47. The Morgan fingerprint density at radius 3 is 1.21 bits per heavy atom. The number of carbonyl (C=O) groups is 2. The summed E-state index contributed by atoms with van der Waals surface area (Å²) in [7, 11) is 1.45. The van der Waals surface area contributed by atoms with Crippen LogP contribution >= 0.6 is 7.82 Å². The molecule has 0 bridgehead atoms. The van der Waals surface area contributed by atoms with Gasteiger partial charge in [-0.15, -0.1) is 0 Å². The summed E-state index contributed by atoms with van der Waals surface area (Å²) >= 11 is 0. The van der Waals surface area contributed by atoms with Crippen LogP contribution in [0.3, 0.4) is 0 Å². The zero-order valence-corrected chi connectivity index (χ0v) is 43.5. The normalized spacial score (nSPS) is 14.2. The number of likely N-dealkylation sites (N-methyl/N-ethyl adjacent to an activating group) is 1. The highest BCUT2D eigenvalue weighted by atomic mass is 31.2. The predicted octanol–water partition coefficient (Wildman–Crippen LogP) is 15.7. The number of unbranched alkanes of at least 4 members (excludes halogenated alkanes) is 16. The smallest absolute Gasteiger partial charge is 0.462 e. The van der Waals surface area contributed by atoms with E-state index in [0.717, 1.165) is 109 Å². The van der Waals surface area contributed by atoms with Gasteiger partial charge in [0.2, 0.25) is 0 Å². The molecular weight excluding hydrogens is 846 g/mol. The standard InChI is InChI=1S/C56H96NO8P/c1-6-8-10-12-14-16-18-20-22-23-24-25-26-27-28-29-30-31-32-33-35-37-39-41-43-45-47-49-56(59)65-54(53-64-66(60,61)63-51-50-57(3,4)5)52-62-55(58)48-46-44-42-40-38-36-34-21-19-17-15-13-11-9-7-2/h8-11,14-17,20-22,24-25,27-28,34,54H,6-7,12-13,18-19,23,26,29-33,35-53H2,1-5H3/p+1/b10-8-,11-9-,16-14-,17-15-,22-20-,25-24-,28-27-,34-21-. The van der Waals surface area contributed by atoms with Gasteiger partial charge < -0.3 is 18.9 Å². The molecule has 0 amide bonds. The number of allylic oxidation sites excluding steroid dienone is 16. The summed E-state index contributed by atoms with van der Waals surface area (Å²) in [5.41, 5.74) is 0. The Bertz CT molecular complexity index is 1440. The van der Waals surface area contributed by atoms with Crippen LogP contribution in [-0.4, -0.2) is 74.9 Å². The second-order valence-corrected chi connectivity index (χ2v) is 19.6. The maximum atomic E-state index is 12.8. The number of esters is 2. The molecule has 378 valence electrons. The monoisotopic (exact) mass is 943 g/mol. The van der Waals surface area contributed by atoms with Crippen molar-refractivity contribution in [3.05, 3.63) is 97.2 Å². The summed E-state index contributed by atoms with van der Waals surface area (Å²) in [6.45, 7) is 4.17. The minimum Gasteiger partial charge on any atom is -0.462 e. The van der Waals surface area contributed by atoms with Crippen LogP contribution in [-0.2, 0) is 32.7 Å². The van der Waals surface area contributed by atoms with Gasteiger partial charge in [0.05, 0.1) is 27.7 Å². The van der Waals surface area contributed by atoms with Crippen LogP contribution in [0.25, 0.3) is 0 Å². The van der Waals surface area contributed by atoms with Gasteiger partial charge in [0.1, 0.15) is 19.8 Å². The Kier molecular flexibility index (Phi) is 44.8. The van der Waals surface area contributed by atoms with E-state index in [1.807, 2.05) is 21.1 Å². The van der Waals surface area contributed by atoms with E-state index in [-0.39, 0.29) is 32.0 Å². The van der Waals surface area contributed by atoms with E-state index in [1.54, 1.807) is 0 Å². The number of quaternary nitrogens is 1. The van der Waals surface area contributed by atoms with Crippen molar-refractivity contribution in [2.75, 3.05) is 47.5 Å². The largest absolute Gasteiger partial charge is 0.472 e. The van der Waals surface area contributed by atoms with Gasteiger partial charge in [0.25, 0.3) is 0 Å². The number of hydrogen-bond donors (Lipinski definition) is 1. The molecule has 1 N–H and O–H groups in total. The van der Waals surface area contributed by atoms with Crippen molar-refractivity contribution in [3.8, 4) is 0 Å². The zero-order valence-electron chi connectivity index (χ0n) is 42.6. The van der Waals surface area contributed by atoms with Crippen molar-refractivity contribution in [1.82, 2.24) is 0 Å². The molecule has 10 heteroatoms. The average Bonchev–Trinajstić information content (AvgIpc) is 3.27. The van der Waals surface area contributed by atoms with Gasteiger partial charge in [0, 0.05) is 12.8 Å². The number of carbonyl (C=O) groups excluding carboxylic acids is 2. The van der Waals surface area contributed by atoms with Crippen molar-refractivity contribution in [2.24, 2.45) is 0 Å². The third-order valence-corrected chi connectivity index (χ3v) is 11.6. The summed E-state index contributed by atoms with van der Waals surface area (Å²) in [4.78, 5) is 35.5. The first-order chi connectivity index (χ1) is 32.0. The molecule has 0 heterocycles. The molecule has 0 aromatic carbocycles. The van der Waals surface area contributed by atoms with E-state index in [0.29, 0.717) is 23.9 Å². The number of phosphoric acid groups is 1. The molecule has 0 aromatic heterocycles. The van der Waals surface area contributed by atoms with Crippen LogP contribution in [0.1, 0.15) is 194 Å². The first kappa shape index (κ1) is 62.9. The molecule has 0 spiro atoms. The average molecular weight is 943 g/mol. The molecule has 0 rings (SSSR count). The van der Waals surface area contributed by atoms with E-state index >= 15 is 0 Å². The van der Waals surface area contributed by atoms with E-state index < -0.39 is 26.5 Å². The summed E-state index contributed by atoms with van der Waals surface area (Å²) in [6.07, 6.45) is 63.2. The Hall–Kier alpha value is -3.07. The van der Waals surface area contributed by atoms with E-state index in [1.165, 1.54) is 44.9 Å². The first-order valence-electron chi connectivity index (χ1n) is 26.0. The molecule has 0 aliphatic heterocycles. The topological polar surface area (TPSA) is 108 Å². The predicted molar refractivity (Wildman–Crippen MR) is 279 cm³/mol. The molecule has 0 saturated heterocycles. The van der Waals surface area contributed by atoms with Crippen molar-refractivity contribution in [2.45, 2.75) is 200 Å². The lowest BCUT2D eigenvalue weighted by atomic mass is 10.0. The Labute approximate surface area is 404 Å². The maximum absolute atomic E-state index is 12.8. The third-order valence-electron chi connectivity index (χ3n) is 10.6. The molecule has 0 aromatic rings. The van der Waals surface area contributed by atoms with Crippen LogP contribution < -0.4 is 0 Å². The van der Waals surface area contributed by atoms with E-state index in [9.17, 15) is 19.0 Å². The molecule has 0 aliphatic rings. The van der Waals surface area contributed by atoms with Gasteiger partial charge in [-0.05, 0) is 89.9 Å². The summed E-state index contributed by atoms with van der Waals surface area (Å²) < 4.78 is 34.4. The molecule has 9 nitrogen and oxygen atoms in total. The maximum Gasteiger partial charge on any atom is 0.472 e. The molecule has 2 unspecified atom stereocenters. The zero-order chi connectivity index (χ0) is 48.5. The quantitative estimate of drug-likeness (QED) is 0.0211. The summed E-state index contributed by atoms with van der Waals surface area (Å²) in [6, 6.07) is 0.